The van der Waals surface area contributed by atoms with Gasteiger partial charge in [0.15, 0.2) is 11.5 Å². The van der Waals surface area contributed by atoms with Gasteiger partial charge in [0.1, 0.15) is 6.61 Å². The summed E-state index contributed by atoms with van der Waals surface area (Å²) in [6, 6.07) is 3.34. The highest BCUT2D eigenvalue weighted by atomic mass is 79.9. The molecule has 1 aliphatic heterocycles. The minimum absolute atomic E-state index is 0.0590. The Morgan fingerprint density at radius 2 is 2.11 bits per heavy atom. The summed E-state index contributed by atoms with van der Waals surface area (Å²) in [6.45, 7) is 5.41. The van der Waals surface area contributed by atoms with Crippen LogP contribution in [0.3, 0.4) is 0 Å². The molecule has 0 spiro atoms. The van der Waals surface area contributed by atoms with E-state index in [1.165, 1.54) is 6.92 Å². The molecule has 1 aromatic carbocycles. The first-order valence-corrected chi connectivity index (χ1v) is 6.39. The average molecular weight is 312 g/mol. The van der Waals surface area contributed by atoms with Crippen LogP contribution in [0.25, 0.3) is 0 Å². The molecule has 4 nitrogen and oxygen atoms in total. The molecule has 1 amide bonds. The summed E-state index contributed by atoms with van der Waals surface area (Å²) in [5, 5.41) is 2.80. The van der Waals surface area contributed by atoms with Crippen molar-refractivity contribution in [3.8, 4) is 5.75 Å². The maximum atomic E-state index is 12.0. The van der Waals surface area contributed by atoms with E-state index >= 15 is 0 Å². The highest BCUT2D eigenvalue weighted by Crippen LogP contribution is 2.39. The van der Waals surface area contributed by atoms with Crippen LogP contribution in [0.5, 0.6) is 5.75 Å². The molecule has 1 aliphatic rings. The summed E-state index contributed by atoms with van der Waals surface area (Å²) in [7, 11) is 0. The van der Waals surface area contributed by atoms with Gasteiger partial charge in [0.2, 0.25) is 5.91 Å². The Morgan fingerprint density at radius 3 is 2.72 bits per heavy atom. The molecular weight excluding hydrogens is 298 g/mol. The van der Waals surface area contributed by atoms with E-state index in [0.717, 1.165) is 0 Å². The summed E-state index contributed by atoms with van der Waals surface area (Å²) >= 11 is 3.36. The first kappa shape index (κ1) is 13.1. The van der Waals surface area contributed by atoms with Gasteiger partial charge in [0.05, 0.1) is 15.6 Å². The Labute approximate surface area is 114 Å². The van der Waals surface area contributed by atoms with Crippen LogP contribution in [-0.4, -0.2) is 18.3 Å². The van der Waals surface area contributed by atoms with Crippen LogP contribution in [0, 0.1) is 5.41 Å². The lowest BCUT2D eigenvalue weighted by Gasteiger charge is -2.18. The van der Waals surface area contributed by atoms with Gasteiger partial charge in [-0.2, -0.15) is 0 Å². The zero-order chi connectivity index (χ0) is 13.5. The SMILES string of the molecule is CC(=O)c1cc(Br)c2c(c1)NC(=O)C(C)(C)CO2. The average Bonchev–Trinajstić information content (AvgIpc) is 2.37. The number of hydrogen-bond donors (Lipinski definition) is 1. The Balaban J connectivity index is 2.51. The Morgan fingerprint density at radius 1 is 1.44 bits per heavy atom. The number of rotatable bonds is 1. The topological polar surface area (TPSA) is 55.4 Å². The summed E-state index contributed by atoms with van der Waals surface area (Å²) in [5.41, 5.74) is 0.462. The third-order valence-electron chi connectivity index (χ3n) is 2.89. The largest absolute Gasteiger partial charge is 0.489 e. The van der Waals surface area contributed by atoms with Crippen molar-refractivity contribution in [1.82, 2.24) is 0 Å². The van der Waals surface area contributed by atoms with E-state index in [0.29, 0.717) is 28.1 Å². The molecule has 0 saturated heterocycles. The molecule has 0 bridgehead atoms. The van der Waals surface area contributed by atoms with E-state index in [4.69, 9.17) is 4.74 Å². The quantitative estimate of drug-likeness (QED) is 0.811. The van der Waals surface area contributed by atoms with E-state index in [9.17, 15) is 9.59 Å². The number of carbonyl (C=O) groups excluding carboxylic acids is 2. The minimum atomic E-state index is -0.602. The molecule has 5 heteroatoms. The van der Waals surface area contributed by atoms with Gasteiger partial charge < -0.3 is 10.1 Å². The second kappa shape index (κ2) is 4.39. The molecule has 96 valence electrons. The molecule has 0 saturated carbocycles. The summed E-state index contributed by atoms with van der Waals surface area (Å²) < 4.78 is 6.33. The molecule has 0 fully saturated rings. The number of fused-ring (bicyclic) bond motifs is 1. The van der Waals surface area contributed by atoms with Crippen LogP contribution in [0.4, 0.5) is 5.69 Å². The lowest BCUT2D eigenvalue weighted by Crippen LogP contribution is -2.33. The fraction of sp³-hybridized carbons (Fsp3) is 0.385. The summed E-state index contributed by atoms with van der Waals surface area (Å²) in [4.78, 5) is 23.4. The van der Waals surface area contributed by atoms with Crippen LogP contribution in [0.2, 0.25) is 0 Å². The van der Waals surface area contributed by atoms with Gasteiger partial charge in [-0.1, -0.05) is 0 Å². The molecule has 0 unspecified atom stereocenters. The van der Waals surface area contributed by atoms with Crippen molar-refractivity contribution in [2.45, 2.75) is 20.8 Å². The molecule has 1 aromatic rings. The number of ether oxygens (including phenoxy) is 1. The Hall–Kier alpha value is -1.36. The highest BCUT2D eigenvalue weighted by Gasteiger charge is 2.33. The lowest BCUT2D eigenvalue weighted by atomic mass is 9.94. The minimum Gasteiger partial charge on any atom is -0.489 e. The predicted octanol–water partition coefficient (Wildman–Crippen LogP) is 3.01. The van der Waals surface area contributed by atoms with Gasteiger partial charge in [-0.25, -0.2) is 0 Å². The number of amides is 1. The van der Waals surface area contributed by atoms with Crippen LogP contribution in [0.1, 0.15) is 31.1 Å². The van der Waals surface area contributed by atoms with Gasteiger partial charge in [-0.15, -0.1) is 0 Å². The van der Waals surface area contributed by atoms with Gasteiger partial charge in [0.25, 0.3) is 0 Å². The monoisotopic (exact) mass is 311 g/mol. The molecule has 0 aliphatic carbocycles. The van der Waals surface area contributed by atoms with Crippen molar-refractivity contribution in [3.63, 3.8) is 0 Å². The van der Waals surface area contributed by atoms with Crippen molar-refractivity contribution >= 4 is 33.3 Å². The Bertz CT molecular complexity index is 537. The molecule has 0 atom stereocenters. The van der Waals surface area contributed by atoms with E-state index in [-0.39, 0.29) is 11.7 Å². The number of benzene rings is 1. The van der Waals surface area contributed by atoms with E-state index < -0.39 is 5.41 Å². The van der Waals surface area contributed by atoms with Crippen molar-refractivity contribution in [3.05, 3.63) is 22.2 Å². The molecule has 1 heterocycles. The van der Waals surface area contributed by atoms with Crippen molar-refractivity contribution in [1.29, 1.82) is 0 Å². The smallest absolute Gasteiger partial charge is 0.233 e. The number of Topliss-reactive ketones (excluding diaryl/α,β-unsaturated/α-hetero) is 1. The van der Waals surface area contributed by atoms with Gasteiger partial charge >= 0.3 is 0 Å². The van der Waals surface area contributed by atoms with Gasteiger partial charge in [0, 0.05) is 5.56 Å². The first-order valence-electron chi connectivity index (χ1n) is 5.60. The molecular formula is C13H14BrNO3. The number of carbonyl (C=O) groups is 2. The molecule has 1 N–H and O–H groups in total. The standard InChI is InChI=1S/C13H14BrNO3/c1-7(16)8-4-9(14)11-10(5-8)15-12(17)13(2,3)6-18-11/h4-5H,6H2,1-3H3,(H,15,17). The van der Waals surface area contributed by atoms with Crippen molar-refractivity contribution in [2.24, 2.45) is 5.41 Å². The van der Waals surface area contributed by atoms with Crippen LogP contribution in [0.15, 0.2) is 16.6 Å². The van der Waals surface area contributed by atoms with Gasteiger partial charge in [-0.3, -0.25) is 9.59 Å². The van der Waals surface area contributed by atoms with E-state index in [1.807, 2.05) is 13.8 Å². The number of hydrogen-bond acceptors (Lipinski definition) is 3. The van der Waals surface area contributed by atoms with E-state index in [1.54, 1.807) is 12.1 Å². The van der Waals surface area contributed by atoms with E-state index in [2.05, 4.69) is 21.2 Å². The highest BCUT2D eigenvalue weighted by molar-refractivity contribution is 9.10. The fourth-order valence-corrected chi connectivity index (χ4v) is 2.22. The maximum absolute atomic E-state index is 12.0. The summed E-state index contributed by atoms with van der Waals surface area (Å²) in [6.07, 6.45) is 0. The molecule has 2 rings (SSSR count). The summed E-state index contributed by atoms with van der Waals surface area (Å²) in [5.74, 6) is 0.393. The van der Waals surface area contributed by atoms with Crippen molar-refractivity contribution < 1.29 is 14.3 Å². The maximum Gasteiger partial charge on any atom is 0.233 e. The molecule has 18 heavy (non-hydrogen) atoms. The first-order chi connectivity index (χ1) is 8.31. The predicted molar refractivity (Wildman–Crippen MR) is 72.1 cm³/mol. The number of ketones is 1. The van der Waals surface area contributed by atoms with Crippen LogP contribution >= 0.6 is 15.9 Å². The van der Waals surface area contributed by atoms with Crippen LogP contribution in [-0.2, 0) is 4.79 Å². The third kappa shape index (κ3) is 2.27. The lowest BCUT2D eigenvalue weighted by molar-refractivity contribution is -0.124. The normalized spacial score (nSPS) is 17.2. The number of halogens is 1. The fourth-order valence-electron chi connectivity index (χ4n) is 1.65. The second-order valence-electron chi connectivity index (χ2n) is 5.02. The Kier molecular flexibility index (Phi) is 3.19. The molecule has 0 radical (unpaired) electrons. The van der Waals surface area contributed by atoms with Gasteiger partial charge in [-0.05, 0) is 48.8 Å². The number of nitrogens with one attached hydrogen (secondary N) is 1. The second-order valence-corrected chi connectivity index (χ2v) is 5.87. The van der Waals surface area contributed by atoms with Crippen molar-refractivity contribution in [2.75, 3.05) is 11.9 Å². The van der Waals surface area contributed by atoms with Crippen LogP contribution < -0.4 is 10.1 Å². The zero-order valence-electron chi connectivity index (χ0n) is 10.5. The third-order valence-corrected chi connectivity index (χ3v) is 3.48. The number of anilines is 1. The zero-order valence-corrected chi connectivity index (χ0v) is 12.1. The molecule has 0 aromatic heterocycles.